The summed E-state index contributed by atoms with van der Waals surface area (Å²) in [5.41, 5.74) is 0.241. The van der Waals surface area contributed by atoms with Crippen LogP contribution in [0.5, 0.6) is 0 Å². The molecule has 1 unspecified atom stereocenters. The van der Waals surface area contributed by atoms with Gasteiger partial charge in [-0.3, -0.25) is 0 Å². The van der Waals surface area contributed by atoms with E-state index in [9.17, 15) is 21.6 Å². The summed E-state index contributed by atoms with van der Waals surface area (Å²) >= 11 is 0. The third-order valence-electron chi connectivity index (χ3n) is 2.06. The Kier molecular flexibility index (Phi) is 4.20. The largest absolute Gasteiger partial charge is 0.416 e. The van der Waals surface area contributed by atoms with E-state index in [4.69, 9.17) is 10.2 Å². The van der Waals surface area contributed by atoms with Crippen molar-refractivity contribution in [2.24, 2.45) is 5.14 Å². The summed E-state index contributed by atoms with van der Waals surface area (Å²) in [4.78, 5) is -0.149. The molecule has 0 aliphatic carbocycles. The van der Waals surface area contributed by atoms with Crippen LogP contribution in [0, 0.1) is 0 Å². The molecule has 0 amide bonds. The SMILES string of the molecule is NS(=O)(=O)c1ccc(NCC(O)C(F)(F)F)cc1. The molecular weight excluding hydrogens is 273 g/mol. The highest BCUT2D eigenvalue weighted by Gasteiger charge is 2.37. The number of halogens is 3. The molecule has 0 aromatic heterocycles. The van der Waals surface area contributed by atoms with Gasteiger partial charge < -0.3 is 10.4 Å². The van der Waals surface area contributed by atoms with Gasteiger partial charge in [0.25, 0.3) is 0 Å². The highest BCUT2D eigenvalue weighted by molar-refractivity contribution is 7.89. The van der Waals surface area contributed by atoms with Gasteiger partial charge in [-0.05, 0) is 24.3 Å². The van der Waals surface area contributed by atoms with E-state index in [0.717, 1.165) is 12.1 Å². The summed E-state index contributed by atoms with van der Waals surface area (Å²) in [6.07, 6.45) is -7.19. The van der Waals surface area contributed by atoms with Crippen LogP contribution in [-0.4, -0.2) is 32.3 Å². The minimum Gasteiger partial charge on any atom is -0.382 e. The summed E-state index contributed by atoms with van der Waals surface area (Å²) in [5.74, 6) is 0. The number of hydrogen-bond acceptors (Lipinski definition) is 4. The third kappa shape index (κ3) is 4.17. The lowest BCUT2D eigenvalue weighted by atomic mass is 10.3. The Morgan fingerprint density at radius 3 is 2.17 bits per heavy atom. The van der Waals surface area contributed by atoms with Gasteiger partial charge in [-0.2, -0.15) is 13.2 Å². The Bertz CT molecular complexity index is 499. The van der Waals surface area contributed by atoms with Crippen molar-refractivity contribution in [3.63, 3.8) is 0 Å². The van der Waals surface area contributed by atoms with Gasteiger partial charge in [-0.1, -0.05) is 0 Å². The van der Waals surface area contributed by atoms with Crippen molar-refractivity contribution in [3.05, 3.63) is 24.3 Å². The van der Waals surface area contributed by atoms with Crippen LogP contribution in [0.1, 0.15) is 0 Å². The molecule has 0 aliphatic heterocycles. The molecule has 0 fully saturated rings. The molecule has 102 valence electrons. The Hall–Kier alpha value is -1.32. The molecule has 5 nitrogen and oxygen atoms in total. The number of nitrogens with one attached hydrogen (secondary N) is 1. The number of rotatable bonds is 4. The maximum absolute atomic E-state index is 12.0. The molecule has 0 aliphatic rings. The van der Waals surface area contributed by atoms with Gasteiger partial charge in [0, 0.05) is 12.2 Å². The molecule has 1 aromatic carbocycles. The number of aliphatic hydroxyl groups is 1. The van der Waals surface area contributed by atoms with Crippen LogP contribution in [0.15, 0.2) is 29.2 Å². The van der Waals surface area contributed by atoms with E-state index in [2.05, 4.69) is 5.32 Å². The van der Waals surface area contributed by atoms with Gasteiger partial charge in [-0.15, -0.1) is 0 Å². The molecule has 1 atom stereocenters. The van der Waals surface area contributed by atoms with Crippen molar-refractivity contribution in [3.8, 4) is 0 Å². The first-order chi connectivity index (χ1) is 8.10. The van der Waals surface area contributed by atoms with Gasteiger partial charge >= 0.3 is 6.18 Å². The monoisotopic (exact) mass is 284 g/mol. The van der Waals surface area contributed by atoms with Crippen molar-refractivity contribution < 1.29 is 26.7 Å². The summed E-state index contributed by atoms with van der Waals surface area (Å²) in [6, 6.07) is 4.81. The summed E-state index contributed by atoms with van der Waals surface area (Å²) < 4.78 is 57.8. The van der Waals surface area contributed by atoms with Crippen molar-refractivity contribution in [1.82, 2.24) is 0 Å². The van der Waals surface area contributed by atoms with Crippen LogP contribution in [0.2, 0.25) is 0 Å². The number of sulfonamides is 1. The Morgan fingerprint density at radius 1 is 1.28 bits per heavy atom. The normalized spacial score (nSPS) is 14.3. The lowest BCUT2D eigenvalue weighted by Crippen LogP contribution is -2.34. The van der Waals surface area contributed by atoms with Gasteiger partial charge in [-0.25, -0.2) is 13.6 Å². The average molecular weight is 284 g/mol. The van der Waals surface area contributed by atoms with Crippen LogP contribution in [-0.2, 0) is 10.0 Å². The second-order valence-electron chi connectivity index (χ2n) is 3.51. The molecule has 18 heavy (non-hydrogen) atoms. The summed E-state index contributed by atoms with van der Waals surface area (Å²) in [6.45, 7) is -0.724. The minimum atomic E-state index is -4.70. The van der Waals surface area contributed by atoms with Crippen molar-refractivity contribution >= 4 is 15.7 Å². The van der Waals surface area contributed by atoms with Crippen molar-refractivity contribution in [1.29, 1.82) is 0 Å². The number of hydrogen-bond donors (Lipinski definition) is 3. The number of benzene rings is 1. The first-order valence-electron chi connectivity index (χ1n) is 4.72. The Balaban J connectivity index is 2.66. The van der Waals surface area contributed by atoms with Gasteiger partial charge in [0.05, 0.1) is 4.90 Å². The van der Waals surface area contributed by atoms with E-state index in [1.807, 2.05) is 0 Å². The predicted molar refractivity (Wildman–Crippen MR) is 58.4 cm³/mol. The minimum absolute atomic E-state index is 0.149. The van der Waals surface area contributed by atoms with Gasteiger partial charge in [0.2, 0.25) is 10.0 Å². The second kappa shape index (κ2) is 5.12. The van der Waals surface area contributed by atoms with Crippen LogP contribution in [0.25, 0.3) is 0 Å². The maximum atomic E-state index is 12.0. The summed E-state index contributed by atoms with van der Waals surface area (Å²) in [7, 11) is -3.83. The van der Waals surface area contributed by atoms with E-state index < -0.39 is 28.8 Å². The van der Waals surface area contributed by atoms with E-state index in [1.54, 1.807) is 0 Å². The molecule has 0 bridgehead atoms. The zero-order valence-electron chi connectivity index (χ0n) is 8.98. The number of primary sulfonamides is 1. The van der Waals surface area contributed by atoms with E-state index in [-0.39, 0.29) is 10.6 Å². The highest BCUT2D eigenvalue weighted by atomic mass is 32.2. The average Bonchev–Trinajstić information content (AvgIpc) is 2.24. The zero-order chi connectivity index (χ0) is 14.0. The maximum Gasteiger partial charge on any atom is 0.416 e. The van der Waals surface area contributed by atoms with Crippen LogP contribution < -0.4 is 10.5 Å². The first kappa shape index (κ1) is 14.7. The topological polar surface area (TPSA) is 92.4 Å². The second-order valence-corrected chi connectivity index (χ2v) is 5.07. The quantitative estimate of drug-likeness (QED) is 0.757. The molecule has 0 heterocycles. The molecule has 0 radical (unpaired) electrons. The van der Waals surface area contributed by atoms with Gasteiger partial charge in [0.15, 0.2) is 6.10 Å². The molecule has 1 aromatic rings. The molecule has 4 N–H and O–H groups in total. The number of aliphatic hydroxyl groups excluding tert-OH is 1. The van der Waals surface area contributed by atoms with Crippen LogP contribution in [0.3, 0.4) is 0 Å². The van der Waals surface area contributed by atoms with E-state index >= 15 is 0 Å². The van der Waals surface area contributed by atoms with Crippen LogP contribution in [0.4, 0.5) is 18.9 Å². The molecule has 0 saturated carbocycles. The fourth-order valence-electron chi connectivity index (χ4n) is 1.09. The predicted octanol–water partition coefficient (Wildman–Crippen LogP) is 0.669. The standard InChI is InChI=1S/C9H11F3N2O3S/c10-9(11,12)8(15)5-14-6-1-3-7(4-2-6)18(13,16)17/h1-4,8,14-15H,5H2,(H2,13,16,17). The zero-order valence-corrected chi connectivity index (χ0v) is 9.79. The molecular formula is C9H11F3N2O3S. The fraction of sp³-hybridized carbons (Fsp3) is 0.333. The van der Waals surface area contributed by atoms with Crippen LogP contribution >= 0.6 is 0 Å². The Labute approximate surface area is 101 Å². The molecule has 0 spiro atoms. The number of alkyl halides is 3. The first-order valence-corrected chi connectivity index (χ1v) is 6.27. The summed E-state index contributed by atoms with van der Waals surface area (Å²) in [5, 5.41) is 15.9. The van der Waals surface area contributed by atoms with Crippen molar-refractivity contribution in [2.45, 2.75) is 17.2 Å². The number of anilines is 1. The molecule has 1 rings (SSSR count). The lowest BCUT2D eigenvalue weighted by molar-refractivity contribution is -0.198. The lowest BCUT2D eigenvalue weighted by Gasteiger charge is -2.15. The number of nitrogens with two attached hydrogens (primary N) is 1. The van der Waals surface area contributed by atoms with Crippen molar-refractivity contribution in [2.75, 3.05) is 11.9 Å². The Morgan fingerprint density at radius 2 is 1.78 bits per heavy atom. The highest BCUT2D eigenvalue weighted by Crippen LogP contribution is 2.20. The third-order valence-corrected chi connectivity index (χ3v) is 2.99. The molecule has 9 heteroatoms. The smallest absolute Gasteiger partial charge is 0.382 e. The molecule has 0 saturated heterocycles. The van der Waals surface area contributed by atoms with E-state index in [1.165, 1.54) is 12.1 Å². The van der Waals surface area contributed by atoms with E-state index in [0.29, 0.717) is 0 Å². The fourth-order valence-corrected chi connectivity index (χ4v) is 1.61. The van der Waals surface area contributed by atoms with Gasteiger partial charge in [0.1, 0.15) is 0 Å².